The Bertz CT molecular complexity index is 1230. The van der Waals surface area contributed by atoms with Gasteiger partial charge in [-0.15, -0.1) is 0 Å². The Morgan fingerprint density at radius 2 is 1.53 bits per heavy atom. The van der Waals surface area contributed by atoms with Gasteiger partial charge in [-0.05, 0) is 68.5 Å². The second kappa shape index (κ2) is 8.61. The fourth-order valence-corrected chi connectivity index (χ4v) is 6.60. The number of anilines is 1. The first-order chi connectivity index (χ1) is 15.1. The third-order valence-corrected chi connectivity index (χ3v) is 9.35. The van der Waals surface area contributed by atoms with E-state index < -0.39 is 19.9 Å². The molecule has 2 aliphatic heterocycles. The molecule has 32 heavy (non-hydrogen) atoms. The van der Waals surface area contributed by atoms with Crippen LogP contribution in [0.5, 0.6) is 0 Å². The summed E-state index contributed by atoms with van der Waals surface area (Å²) in [5.41, 5.74) is 2.63. The number of nitrogens with zero attached hydrogens (tertiary/aromatic N) is 2. The van der Waals surface area contributed by atoms with Gasteiger partial charge < -0.3 is 4.90 Å². The standard InChI is InChI=1S/C23H28N2O5S2/c1-17-5-7-20(8-6-17)32(29,30)24-14-11-18(12-15-24)23(26)25-13-3-4-19-16-21(31(2,27)28)9-10-22(19)25/h5-10,16,18H,3-4,11-15H2,1-2H3. The summed E-state index contributed by atoms with van der Waals surface area (Å²) in [6, 6.07) is 11.8. The lowest BCUT2D eigenvalue weighted by Crippen LogP contribution is -2.45. The molecule has 1 saturated heterocycles. The number of carbonyl (C=O) groups is 1. The molecule has 0 bridgehead atoms. The molecule has 4 rings (SSSR count). The molecule has 0 radical (unpaired) electrons. The highest BCUT2D eigenvalue weighted by atomic mass is 32.2. The van der Waals surface area contributed by atoms with Crippen molar-refractivity contribution in [3.8, 4) is 0 Å². The quantitative estimate of drug-likeness (QED) is 0.677. The summed E-state index contributed by atoms with van der Waals surface area (Å²) < 4.78 is 51.1. The molecule has 1 fully saturated rings. The molecule has 0 aliphatic carbocycles. The van der Waals surface area contributed by atoms with E-state index >= 15 is 0 Å². The van der Waals surface area contributed by atoms with Crippen LogP contribution in [0, 0.1) is 12.8 Å². The largest absolute Gasteiger partial charge is 0.312 e. The maximum atomic E-state index is 13.3. The molecular formula is C23H28N2O5S2. The normalized spacial score (nSPS) is 18.4. The minimum absolute atomic E-state index is 0.00885. The van der Waals surface area contributed by atoms with E-state index in [9.17, 15) is 21.6 Å². The van der Waals surface area contributed by atoms with Crippen LogP contribution in [0.2, 0.25) is 0 Å². The highest BCUT2D eigenvalue weighted by Crippen LogP contribution is 2.33. The number of rotatable bonds is 4. The van der Waals surface area contributed by atoms with Gasteiger partial charge >= 0.3 is 0 Å². The highest BCUT2D eigenvalue weighted by molar-refractivity contribution is 7.90. The maximum absolute atomic E-state index is 13.3. The van der Waals surface area contributed by atoms with Crippen molar-refractivity contribution in [1.82, 2.24) is 4.31 Å². The van der Waals surface area contributed by atoms with Gasteiger partial charge in [0.15, 0.2) is 9.84 Å². The van der Waals surface area contributed by atoms with Gasteiger partial charge in [0.1, 0.15) is 0 Å². The van der Waals surface area contributed by atoms with Crippen LogP contribution < -0.4 is 4.90 Å². The Morgan fingerprint density at radius 3 is 2.16 bits per heavy atom. The molecule has 0 N–H and O–H groups in total. The monoisotopic (exact) mass is 476 g/mol. The molecule has 0 saturated carbocycles. The van der Waals surface area contributed by atoms with E-state index in [1.165, 1.54) is 10.6 Å². The predicted molar refractivity (Wildman–Crippen MR) is 123 cm³/mol. The smallest absolute Gasteiger partial charge is 0.243 e. The molecule has 172 valence electrons. The number of aryl methyl sites for hydroxylation is 2. The van der Waals surface area contributed by atoms with Crippen LogP contribution in [0.4, 0.5) is 5.69 Å². The topological polar surface area (TPSA) is 91.8 Å². The molecule has 7 nitrogen and oxygen atoms in total. The Labute approximate surface area is 190 Å². The summed E-state index contributed by atoms with van der Waals surface area (Å²) in [6.45, 7) is 3.11. The van der Waals surface area contributed by atoms with Gasteiger partial charge in [-0.1, -0.05) is 17.7 Å². The number of hydrogen-bond acceptors (Lipinski definition) is 5. The first-order valence-corrected chi connectivity index (χ1v) is 14.1. The second-order valence-corrected chi connectivity index (χ2v) is 12.6. The average Bonchev–Trinajstić information content (AvgIpc) is 2.77. The summed E-state index contributed by atoms with van der Waals surface area (Å²) in [5.74, 6) is -0.259. The van der Waals surface area contributed by atoms with Crippen molar-refractivity contribution in [2.24, 2.45) is 5.92 Å². The molecule has 0 aromatic heterocycles. The molecule has 0 unspecified atom stereocenters. The van der Waals surface area contributed by atoms with E-state index in [1.54, 1.807) is 47.4 Å². The lowest BCUT2D eigenvalue weighted by Gasteiger charge is -2.36. The lowest BCUT2D eigenvalue weighted by atomic mass is 9.94. The second-order valence-electron chi connectivity index (χ2n) is 8.65. The van der Waals surface area contributed by atoms with Crippen LogP contribution in [-0.2, 0) is 31.1 Å². The van der Waals surface area contributed by atoms with Gasteiger partial charge in [-0.25, -0.2) is 16.8 Å². The maximum Gasteiger partial charge on any atom is 0.243 e. The number of carbonyl (C=O) groups excluding carboxylic acids is 1. The number of hydrogen-bond donors (Lipinski definition) is 0. The van der Waals surface area contributed by atoms with Crippen molar-refractivity contribution >= 4 is 31.5 Å². The molecule has 0 spiro atoms. The molecule has 9 heteroatoms. The molecule has 1 amide bonds. The van der Waals surface area contributed by atoms with Crippen molar-refractivity contribution in [2.75, 3.05) is 30.8 Å². The number of piperidine rings is 1. The van der Waals surface area contributed by atoms with E-state index in [1.807, 2.05) is 6.92 Å². The molecule has 2 aliphatic rings. The Kier molecular flexibility index (Phi) is 6.17. The van der Waals surface area contributed by atoms with Crippen LogP contribution in [0.15, 0.2) is 52.3 Å². The predicted octanol–water partition coefficient (Wildman–Crippen LogP) is 2.78. The van der Waals surface area contributed by atoms with E-state index in [4.69, 9.17) is 0 Å². The minimum Gasteiger partial charge on any atom is -0.312 e. The van der Waals surface area contributed by atoms with Crippen LogP contribution in [0.1, 0.15) is 30.4 Å². The highest BCUT2D eigenvalue weighted by Gasteiger charge is 2.35. The Balaban J connectivity index is 1.47. The van der Waals surface area contributed by atoms with Gasteiger partial charge in [0, 0.05) is 37.5 Å². The van der Waals surface area contributed by atoms with Crippen LogP contribution in [-0.4, -0.2) is 52.9 Å². The number of fused-ring (bicyclic) bond motifs is 1. The van der Waals surface area contributed by atoms with E-state index in [0.29, 0.717) is 32.5 Å². The average molecular weight is 477 g/mol. The van der Waals surface area contributed by atoms with Crippen LogP contribution in [0.3, 0.4) is 0 Å². The zero-order chi connectivity index (χ0) is 23.1. The van der Waals surface area contributed by atoms with Crippen molar-refractivity contribution in [2.45, 2.75) is 42.4 Å². The number of benzene rings is 2. The SMILES string of the molecule is Cc1ccc(S(=O)(=O)N2CCC(C(=O)N3CCCc4cc(S(C)(=O)=O)ccc43)CC2)cc1. The summed E-state index contributed by atoms with van der Waals surface area (Å²) in [6.07, 6.45) is 3.62. The molecular weight excluding hydrogens is 448 g/mol. The Hall–Kier alpha value is -2.23. The third-order valence-electron chi connectivity index (χ3n) is 6.33. The lowest BCUT2D eigenvalue weighted by molar-refractivity contribution is -0.123. The summed E-state index contributed by atoms with van der Waals surface area (Å²) in [4.78, 5) is 15.6. The van der Waals surface area contributed by atoms with Crippen molar-refractivity contribution < 1.29 is 21.6 Å². The zero-order valence-corrected chi connectivity index (χ0v) is 20.0. The zero-order valence-electron chi connectivity index (χ0n) is 18.3. The van der Waals surface area contributed by atoms with Crippen LogP contribution >= 0.6 is 0 Å². The number of sulfonamides is 1. The Morgan fingerprint density at radius 1 is 0.906 bits per heavy atom. The first kappa shape index (κ1) is 22.9. The molecule has 2 aromatic rings. The first-order valence-electron chi connectivity index (χ1n) is 10.8. The van der Waals surface area contributed by atoms with Crippen molar-refractivity contribution in [3.63, 3.8) is 0 Å². The fraction of sp³-hybridized carbons (Fsp3) is 0.435. The molecule has 0 atom stereocenters. The summed E-state index contributed by atoms with van der Waals surface area (Å²) in [5, 5.41) is 0. The fourth-order valence-electron chi connectivity index (χ4n) is 4.46. The van der Waals surface area contributed by atoms with Gasteiger partial charge in [0.2, 0.25) is 15.9 Å². The van der Waals surface area contributed by atoms with E-state index in [-0.39, 0.29) is 21.6 Å². The van der Waals surface area contributed by atoms with E-state index in [2.05, 4.69) is 0 Å². The third kappa shape index (κ3) is 4.46. The van der Waals surface area contributed by atoms with Gasteiger partial charge in [-0.2, -0.15) is 4.31 Å². The summed E-state index contributed by atoms with van der Waals surface area (Å²) >= 11 is 0. The number of amides is 1. The minimum atomic E-state index is -3.57. The number of sulfone groups is 1. The van der Waals surface area contributed by atoms with Crippen molar-refractivity contribution in [3.05, 3.63) is 53.6 Å². The molecule has 2 aromatic carbocycles. The van der Waals surface area contributed by atoms with Crippen LogP contribution in [0.25, 0.3) is 0 Å². The van der Waals surface area contributed by atoms with E-state index in [0.717, 1.165) is 29.7 Å². The van der Waals surface area contributed by atoms with Crippen molar-refractivity contribution in [1.29, 1.82) is 0 Å². The van der Waals surface area contributed by atoms with Gasteiger partial charge in [-0.3, -0.25) is 4.79 Å². The van der Waals surface area contributed by atoms with Gasteiger partial charge in [0.05, 0.1) is 9.79 Å². The summed E-state index contributed by atoms with van der Waals surface area (Å²) in [7, 11) is -6.87. The van der Waals surface area contributed by atoms with Gasteiger partial charge in [0.25, 0.3) is 0 Å². The molecule has 2 heterocycles.